The minimum Gasteiger partial charge on any atom is -0.473 e. The highest BCUT2D eigenvalue weighted by molar-refractivity contribution is 5.92. The Bertz CT molecular complexity index is 690. The first-order valence-corrected chi connectivity index (χ1v) is 7.50. The van der Waals surface area contributed by atoms with E-state index in [1.807, 2.05) is 0 Å². The lowest BCUT2D eigenvalue weighted by Gasteiger charge is -2.28. The van der Waals surface area contributed by atoms with Gasteiger partial charge in [-0.05, 0) is 31.7 Å². The van der Waals surface area contributed by atoms with Gasteiger partial charge in [0, 0.05) is 24.5 Å². The molecule has 2 N–H and O–H groups in total. The summed E-state index contributed by atoms with van der Waals surface area (Å²) in [4.78, 5) is 31.1. The number of amides is 1. The zero-order valence-electron chi connectivity index (χ0n) is 12.4. The first-order chi connectivity index (χ1) is 11.2. The summed E-state index contributed by atoms with van der Waals surface area (Å²) in [5.41, 5.74) is -0.120. The van der Waals surface area contributed by atoms with Gasteiger partial charge in [0.25, 0.3) is 11.5 Å². The zero-order valence-corrected chi connectivity index (χ0v) is 12.4. The molecule has 0 spiro atoms. The van der Waals surface area contributed by atoms with Gasteiger partial charge in [0.05, 0.1) is 6.20 Å². The standard InChI is InChI=1S/C15H17N5O3/c21-13-6-5-12(19-20-13)15(22)18-10-1-3-11(4-2-10)23-14-9-16-7-8-17-14/h5-11H,1-4H2,(H,18,22)(H,20,21). The summed E-state index contributed by atoms with van der Waals surface area (Å²) in [5.74, 6) is 0.247. The molecule has 120 valence electrons. The van der Waals surface area contributed by atoms with Gasteiger partial charge in [-0.2, -0.15) is 5.10 Å². The second kappa shape index (κ2) is 6.99. The quantitative estimate of drug-likeness (QED) is 0.858. The molecule has 2 heterocycles. The molecule has 8 heteroatoms. The van der Waals surface area contributed by atoms with E-state index in [1.165, 1.54) is 12.1 Å². The van der Waals surface area contributed by atoms with Crippen LogP contribution in [0.3, 0.4) is 0 Å². The van der Waals surface area contributed by atoms with Gasteiger partial charge in [0.2, 0.25) is 5.88 Å². The highest BCUT2D eigenvalue weighted by Gasteiger charge is 2.24. The monoisotopic (exact) mass is 315 g/mol. The lowest BCUT2D eigenvalue weighted by molar-refractivity contribution is 0.0884. The van der Waals surface area contributed by atoms with Gasteiger partial charge in [-0.1, -0.05) is 0 Å². The lowest BCUT2D eigenvalue weighted by Crippen LogP contribution is -2.40. The van der Waals surface area contributed by atoms with Crippen molar-refractivity contribution in [3.05, 3.63) is 46.8 Å². The Morgan fingerprint density at radius 2 is 2.04 bits per heavy atom. The van der Waals surface area contributed by atoms with E-state index in [9.17, 15) is 9.59 Å². The number of carbonyl (C=O) groups is 1. The van der Waals surface area contributed by atoms with E-state index in [2.05, 4.69) is 25.5 Å². The zero-order chi connectivity index (χ0) is 16.1. The number of nitrogens with zero attached hydrogens (tertiary/aromatic N) is 3. The average molecular weight is 315 g/mol. The van der Waals surface area contributed by atoms with Gasteiger partial charge in [-0.25, -0.2) is 10.1 Å². The van der Waals surface area contributed by atoms with E-state index in [0.29, 0.717) is 5.88 Å². The fourth-order valence-corrected chi connectivity index (χ4v) is 2.57. The Labute approximate surface area is 132 Å². The van der Waals surface area contributed by atoms with Crippen molar-refractivity contribution in [1.29, 1.82) is 0 Å². The summed E-state index contributed by atoms with van der Waals surface area (Å²) in [6, 6.07) is 2.78. The van der Waals surface area contributed by atoms with Crippen LogP contribution >= 0.6 is 0 Å². The van der Waals surface area contributed by atoms with Crippen molar-refractivity contribution in [1.82, 2.24) is 25.5 Å². The molecule has 1 saturated carbocycles. The molecule has 23 heavy (non-hydrogen) atoms. The van der Waals surface area contributed by atoms with Crippen LogP contribution in [0.15, 0.2) is 35.5 Å². The number of ether oxygens (including phenoxy) is 1. The van der Waals surface area contributed by atoms with Crippen molar-refractivity contribution in [2.24, 2.45) is 0 Å². The lowest BCUT2D eigenvalue weighted by atomic mass is 9.93. The number of carbonyl (C=O) groups excluding carboxylic acids is 1. The molecule has 0 unspecified atom stereocenters. The molecule has 0 radical (unpaired) electrons. The molecule has 1 aliphatic carbocycles. The summed E-state index contributed by atoms with van der Waals surface area (Å²) in [5, 5.41) is 8.91. The Kier molecular flexibility index (Phi) is 4.60. The van der Waals surface area contributed by atoms with Gasteiger partial charge >= 0.3 is 0 Å². The van der Waals surface area contributed by atoms with E-state index in [0.717, 1.165) is 25.7 Å². The number of H-pyrrole nitrogens is 1. The molecular weight excluding hydrogens is 298 g/mol. The van der Waals surface area contributed by atoms with Crippen molar-refractivity contribution in [2.75, 3.05) is 0 Å². The summed E-state index contributed by atoms with van der Waals surface area (Å²) < 4.78 is 5.77. The molecule has 2 aromatic heterocycles. The van der Waals surface area contributed by atoms with Gasteiger partial charge in [-0.15, -0.1) is 0 Å². The van der Waals surface area contributed by atoms with Crippen LogP contribution in [-0.4, -0.2) is 38.2 Å². The number of nitrogens with one attached hydrogen (secondary N) is 2. The van der Waals surface area contributed by atoms with Crippen molar-refractivity contribution >= 4 is 5.91 Å². The maximum atomic E-state index is 12.1. The molecule has 0 aliphatic heterocycles. The van der Waals surface area contributed by atoms with Crippen LogP contribution in [0.1, 0.15) is 36.2 Å². The van der Waals surface area contributed by atoms with Crippen molar-refractivity contribution < 1.29 is 9.53 Å². The summed E-state index contributed by atoms with van der Waals surface area (Å²) in [6.45, 7) is 0. The first kappa shape index (κ1) is 15.1. The number of aromatic nitrogens is 4. The molecular formula is C15H17N5O3. The highest BCUT2D eigenvalue weighted by Crippen LogP contribution is 2.22. The van der Waals surface area contributed by atoms with E-state index in [1.54, 1.807) is 18.6 Å². The largest absolute Gasteiger partial charge is 0.473 e. The molecule has 8 nitrogen and oxygen atoms in total. The average Bonchev–Trinajstić information content (AvgIpc) is 2.58. The van der Waals surface area contributed by atoms with Gasteiger partial charge in [0.1, 0.15) is 11.8 Å². The maximum Gasteiger partial charge on any atom is 0.271 e. The Balaban J connectivity index is 1.48. The van der Waals surface area contributed by atoms with E-state index in [-0.39, 0.29) is 29.3 Å². The summed E-state index contributed by atoms with van der Waals surface area (Å²) >= 11 is 0. The molecule has 1 aliphatic rings. The second-order valence-electron chi connectivity index (χ2n) is 5.42. The third kappa shape index (κ3) is 4.12. The van der Waals surface area contributed by atoms with Crippen LogP contribution in [0.5, 0.6) is 5.88 Å². The van der Waals surface area contributed by atoms with Crippen LogP contribution in [-0.2, 0) is 0 Å². The Hall–Kier alpha value is -2.77. The molecule has 0 atom stereocenters. The molecule has 0 aromatic carbocycles. The predicted molar refractivity (Wildman–Crippen MR) is 81.0 cm³/mol. The van der Waals surface area contributed by atoms with Crippen LogP contribution in [0.4, 0.5) is 0 Å². The smallest absolute Gasteiger partial charge is 0.271 e. The third-order valence-electron chi connectivity index (χ3n) is 3.75. The Morgan fingerprint density at radius 1 is 1.22 bits per heavy atom. The Morgan fingerprint density at radius 3 is 2.70 bits per heavy atom. The topological polar surface area (TPSA) is 110 Å². The predicted octanol–water partition coefficient (Wildman–Crippen LogP) is 0.680. The summed E-state index contributed by atoms with van der Waals surface area (Å²) in [6.07, 6.45) is 8.19. The van der Waals surface area contributed by atoms with Gasteiger partial charge in [0.15, 0.2) is 0 Å². The van der Waals surface area contributed by atoms with Gasteiger partial charge < -0.3 is 10.1 Å². The van der Waals surface area contributed by atoms with Crippen molar-refractivity contribution in [2.45, 2.75) is 37.8 Å². The highest BCUT2D eigenvalue weighted by atomic mass is 16.5. The third-order valence-corrected chi connectivity index (χ3v) is 3.75. The number of rotatable bonds is 4. The van der Waals surface area contributed by atoms with Crippen LogP contribution in [0, 0.1) is 0 Å². The summed E-state index contributed by atoms with van der Waals surface area (Å²) in [7, 11) is 0. The molecule has 0 bridgehead atoms. The SMILES string of the molecule is O=C(NC1CCC(Oc2cnccn2)CC1)c1ccc(=O)[nH]n1. The van der Waals surface area contributed by atoms with E-state index in [4.69, 9.17) is 4.74 Å². The van der Waals surface area contributed by atoms with E-state index >= 15 is 0 Å². The molecule has 0 saturated heterocycles. The van der Waals surface area contributed by atoms with Crippen molar-refractivity contribution in [3.63, 3.8) is 0 Å². The maximum absolute atomic E-state index is 12.1. The number of aromatic amines is 1. The van der Waals surface area contributed by atoms with Crippen molar-refractivity contribution in [3.8, 4) is 5.88 Å². The first-order valence-electron chi connectivity index (χ1n) is 7.50. The minimum atomic E-state index is -0.330. The van der Waals surface area contributed by atoms with Crippen LogP contribution < -0.4 is 15.6 Å². The number of hydrogen-bond acceptors (Lipinski definition) is 6. The van der Waals surface area contributed by atoms with Crippen LogP contribution in [0.25, 0.3) is 0 Å². The molecule has 1 fully saturated rings. The molecule has 2 aromatic rings. The fourth-order valence-electron chi connectivity index (χ4n) is 2.57. The molecule has 1 amide bonds. The molecule has 3 rings (SSSR count). The van der Waals surface area contributed by atoms with Gasteiger partial charge in [-0.3, -0.25) is 14.6 Å². The van der Waals surface area contributed by atoms with E-state index < -0.39 is 0 Å². The van der Waals surface area contributed by atoms with Crippen LogP contribution in [0.2, 0.25) is 0 Å². The fraction of sp³-hybridized carbons (Fsp3) is 0.400. The minimum absolute atomic E-state index is 0.0814. The second-order valence-corrected chi connectivity index (χ2v) is 5.42. The normalized spacial score (nSPS) is 20.7. The number of hydrogen-bond donors (Lipinski definition) is 2.